The fourth-order valence-electron chi connectivity index (χ4n) is 3.43. The number of piperazine rings is 1. The largest absolute Gasteiger partial charge is 0.338 e. The maximum Gasteiger partial charge on any atom is 0.289 e. The summed E-state index contributed by atoms with van der Waals surface area (Å²) in [5, 5.41) is 11.2. The fourth-order valence-corrected chi connectivity index (χ4v) is 5.20. The maximum atomic E-state index is 13.0. The van der Waals surface area contributed by atoms with Crippen molar-refractivity contribution in [2.45, 2.75) is 51.1 Å². The number of carbonyl (C=O) groups excluding carboxylic acids is 1. The summed E-state index contributed by atoms with van der Waals surface area (Å²) in [7, 11) is -4.06. The van der Waals surface area contributed by atoms with Gasteiger partial charge in [0.15, 0.2) is 4.90 Å². The Balaban J connectivity index is 2.18. The highest BCUT2D eigenvalue weighted by molar-refractivity contribution is 7.89. The lowest BCUT2D eigenvalue weighted by molar-refractivity contribution is -0.387. The first kappa shape index (κ1) is 22.3. The van der Waals surface area contributed by atoms with Gasteiger partial charge >= 0.3 is 0 Å². The van der Waals surface area contributed by atoms with E-state index in [9.17, 15) is 23.3 Å². The highest BCUT2D eigenvalue weighted by Gasteiger charge is 2.39. The fraction of sp³-hybridized carbons (Fsp3) is 0.611. The number of sulfonamides is 1. The summed E-state index contributed by atoms with van der Waals surface area (Å²) in [4.78, 5) is 24.4. The van der Waals surface area contributed by atoms with Crippen molar-refractivity contribution in [1.29, 1.82) is 0 Å². The summed E-state index contributed by atoms with van der Waals surface area (Å²) >= 11 is 0. The lowest BCUT2D eigenvalue weighted by atomic mass is 9.88. The molecule has 0 radical (unpaired) electrons. The summed E-state index contributed by atoms with van der Waals surface area (Å²) in [5.74, 6) is -0.204. The molecule has 1 fully saturated rings. The Kier molecular flexibility index (Phi) is 6.47. The molecule has 2 rings (SSSR count). The van der Waals surface area contributed by atoms with Crippen LogP contribution in [0.1, 0.15) is 34.1 Å². The van der Waals surface area contributed by atoms with E-state index in [1.165, 1.54) is 28.6 Å². The predicted molar refractivity (Wildman–Crippen MR) is 105 cm³/mol. The maximum absolute atomic E-state index is 13.0. The van der Waals surface area contributed by atoms with Crippen molar-refractivity contribution in [3.05, 3.63) is 34.4 Å². The highest BCUT2D eigenvalue weighted by atomic mass is 32.2. The summed E-state index contributed by atoms with van der Waals surface area (Å²) < 4.78 is 27.2. The molecule has 1 unspecified atom stereocenters. The first-order valence-electron chi connectivity index (χ1n) is 9.14. The number of nitrogens with zero attached hydrogens (tertiary/aromatic N) is 3. The van der Waals surface area contributed by atoms with Crippen molar-refractivity contribution < 1.29 is 18.1 Å². The first-order valence-corrected chi connectivity index (χ1v) is 10.6. The van der Waals surface area contributed by atoms with Crippen LogP contribution in [-0.2, 0) is 14.8 Å². The van der Waals surface area contributed by atoms with E-state index in [4.69, 9.17) is 5.73 Å². The van der Waals surface area contributed by atoms with E-state index in [0.717, 1.165) is 0 Å². The van der Waals surface area contributed by atoms with E-state index in [0.29, 0.717) is 6.42 Å². The Morgan fingerprint density at radius 3 is 2.46 bits per heavy atom. The van der Waals surface area contributed by atoms with Crippen molar-refractivity contribution >= 4 is 21.6 Å². The molecule has 156 valence electrons. The molecule has 1 amide bonds. The standard InChI is InChI=1S/C18H28N4O5S/c1-13-12-20(17(23)14(19)11-18(2,3)4)9-10-21(13)28(26,27)16-8-6-5-7-15(16)22(24)25/h5-8,13-14H,9-12,19H2,1-4H3/t13-,14?/m0/s1. The SMILES string of the molecule is C[C@H]1CN(C(=O)C(N)CC(C)(C)C)CCN1S(=O)(=O)c1ccccc1[N+](=O)[O-]. The van der Waals surface area contributed by atoms with Gasteiger partial charge in [-0.1, -0.05) is 32.9 Å². The summed E-state index contributed by atoms with van der Waals surface area (Å²) in [5.41, 5.74) is 5.49. The van der Waals surface area contributed by atoms with E-state index in [2.05, 4.69) is 0 Å². The number of amides is 1. The van der Waals surface area contributed by atoms with E-state index < -0.39 is 32.7 Å². The van der Waals surface area contributed by atoms with Crippen molar-refractivity contribution in [1.82, 2.24) is 9.21 Å². The van der Waals surface area contributed by atoms with Gasteiger partial charge in [0.1, 0.15) is 0 Å². The molecule has 1 aromatic rings. The van der Waals surface area contributed by atoms with E-state index in [1.807, 2.05) is 20.8 Å². The van der Waals surface area contributed by atoms with Gasteiger partial charge in [-0.15, -0.1) is 0 Å². The lowest BCUT2D eigenvalue weighted by Gasteiger charge is -2.40. The van der Waals surface area contributed by atoms with Gasteiger partial charge in [0, 0.05) is 31.7 Å². The molecular weight excluding hydrogens is 384 g/mol. The third-order valence-electron chi connectivity index (χ3n) is 4.68. The van der Waals surface area contributed by atoms with Crippen LogP contribution in [-0.4, -0.2) is 60.2 Å². The minimum Gasteiger partial charge on any atom is -0.338 e. The molecule has 2 N–H and O–H groups in total. The van der Waals surface area contributed by atoms with Gasteiger partial charge in [-0.05, 0) is 24.8 Å². The van der Waals surface area contributed by atoms with Crippen LogP contribution >= 0.6 is 0 Å². The summed E-state index contributed by atoms with van der Waals surface area (Å²) in [6.07, 6.45) is 0.523. The molecule has 0 spiro atoms. The Morgan fingerprint density at radius 2 is 1.93 bits per heavy atom. The van der Waals surface area contributed by atoms with Crippen LogP contribution in [0.4, 0.5) is 5.69 Å². The normalized spacial score (nSPS) is 20.0. The second kappa shape index (κ2) is 8.14. The highest BCUT2D eigenvalue weighted by Crippen LogP contribution is 2.29. The van der Waals surface area contributed by atoms with Gasteiger partial charge < -0.3 is 10.6 Å². The Morgan fingerprint density at radius 1 is 1.32 bits per heavy atom. The van der Waals surface area contributed by atoms with Crippen LogP contribution in [0.25, 0.3) is 0 Å². The molecule has 10 heteroatoms. The van der Waals surface area contributed by atoms with Gasteiger partial charge in [0.25, 0.3) is 5.69 Å². The van der Waals surface area contributed by atoms with Crippen LogP contribution in [0.2, 0.25) is 0 Å². The molecule has 1 aromatic carbocycles. The topological polar surface area (TPSA) is 127 Å². The number of nitro groups is 1. The summed E-state index contributed by atoms with van der Waals surface area (Å²) in [6, 6.07) is 4.11. The van der Waals surface area contributed by atoms with E-state index >= 15 is 0 Å². The van der Waals surface area contributed by atoms with E-state index in [-0.39, 0.29) is 35.9 Å². The quantitative estimate of drug-likeness (QED) is 0.578. The number of rotatable bonds is 5. The minimum absolute atomic E-state index is 0.0591. The Hall–Kier alpha value is -2.04. The second-order valence-electron chi connectivity index (χ2n) is 8.35. The molecule has 1 aliphatic heterocycles. The minimum atomic E-state index is -4.06. The van der Waals surface area contributed by atoms with E-state index in [1.54, 1.807) is 11.8 Å². The molecule has 0 bridgehead atoms. The van der Waals surface area contributed by atoms with Crippen LogP contribution in [0.3, 0.4) is 0 Å². The smallest absolute Gasteiger partial charge is 0.289 e. The predicted octanol–water partition coefficient (Wildman–Crippen LogP) is 1.58. The van der Waals surface area contributed by atoms with Crippen LogP contribution < -0.4 is 5.73 Å². The number of hydrogen-bond acceptors (Lipinski definition) is 6. The van der Waals surface area contributed by atoms with Crippen molar-refractivity contribution in [2.24, 2.45) is 11.1 Å². The molecule has 0 saturated carbocycles. The number of para-hydroxylation sites is 1. The molecule has 9 nitrogen and oxygen atoms in total. The number of carbonyl (C=O) groups is 1. The number of hydrogen-bond donors (Lipinski definition) is 1. The average molecular weight is 413 g/mol. The zero-order valence-electron chi connectivity index (χ0n) is 16.7. The van der Waals surface area contributed by atoms with Gasteiger partial charge in [-0.3, -0.25) is 14.9 Å². The van der Waals surface area contributed by atoms with Gasteiger partial charge in [0.2, 0.25) is 15.9 Å². The van der Waals surface area contributed by atoms with Gasteiger partial charge in [-0.25, -0.2) is 8.42 Å². The molecule has 28 heavy (non-hydrogen) atoms. The second-order valence-corrected chi connectivity index (χ2v) is 10.2. The molecular formula is C18H28N4O5S. The number of benzene rings is 1. The van der Waals surface area contributed by atoms with Crippen LogP contribution in [0.5, 0.6) is 0 Å². The monoisotopic (exact) mass is 412 g/mol. The van der Waals surface area contributed by atoms with Crippen LogP contribution in [0.15, 0.2) is 29.2 Å². The third-order valence-corrected chi connectivity index (χ3v) is 6.74. The van der Waals surface area contributed by atoms with Crippen molar-refractivity contribution in [3.63, 3.8) is 0 Å². The number of nitrogens with two attached hydrogens (primary N) is 1. The molecule has 0 aliphatic carbocycles. The van der Waals surface area contributed by atoms with Crippen molar-refractivity contribution in [2.75, 3.05) is 19.6 Å². The number of nitro benzene ring substituents is 1. The summed E-state index contributed by atoms with van der Waals surface area (Å²) in [6.45, 7) is 8.13. The zero-order chi connectivity index (χ0) is 21.3. The average Bonchev–Trinajstić information content (AvgIpc) is 2.59. The molecule has 0 aromatic heterocycles. The zero-order valence-corrected chi connectivity index (χ0v) is 17.5. The van der Waals surface area contributed by atoms with Crippen molar-refractivity contribution in [3.8, 4) is 0 Å². The van der Waals surface area contributed by atoms with Gasteiger partial charge in [-0.2, -0.15) is 4.31 Å². The molecule has 2 atom stereocenters. The molecule has 1 saturated heterocycles. The van der Waals surface area contributed by atoms with Crippen LogP contribution in [0, 0.1) is 15.5 Å². The Labute approximate surface area is 165 Å². The lowest BCUT2D eigenvalue weighted by Crippen LogP contribution is -2.58. The third kappa shape index (κ3) is 4.86. The van der Waals surface area contributed by atoms with Gasteiger partial charge in [0.05, 0.1) is 11.0 Å². The first-order chi connectivity index (χ1) is 12.8. The molecule has 1 heterocycles. The molecule has 1 aliphatic rings. The Bertz CT molecular complexity index is 850.